The van der Waals surface area contributed by atoms with E-state index in [4.69, 9.17) is 5.11 Å². The topological polar surface area (TPSA) is 63.9 Å². The van der Waals surface area contributed by atoms with Crippen molar-refractivity contribution in [3.63, 3.8) is 0 Å². The summed E-state index contributed by atoms with van der Waals surface area (Å²) >= 11 is 0. The van der Waals surface area contributed by atoms with E-state index in [1.165, 1.54) is 0 Å². The number of hydrogen-bond acceptors (Lipinski definition) is 4. The van der Waals surface area contributed by atoms with Crippen molar-refractivity contribution in [2.24, 2.45) is 5.92 Å². The molecule has 1 fully saturated rings. The van der Waals surface area contributed by atoms with Crippen molar-refractivity contribution >= 4 is 0 Å². The molecule has 4 atom stereocenters. The highest BCUT2D eigenvalue weighted by Crippen LogP contribution is 2.20. The van der Waals surface area contributed by atoms with E-state index in [1.807, 2.05) is 18.9 Å². The Morgan fingerprint density at radius 2 is 1.92 bits per heavy atom. The van der Waals surface area contributed by atoms with Crippen LogP contribution in [0.3, 0.4) is 0 Å². The summed E-state index contributed by atoms with van der Waals surface area (Å²) in [5.74, 6) is 0.0628. The second-order valence-corrected chi connectivity index (χ2v) is 3.65. The molecule has 1 saturated heterocycles. The van der Waals surface area contributed by atoms with Crippen LogP contribution in [0.1, 0.15) is 6.92 Å². The first-order valence-corrected chi connectivity index (χ1v) is 4.25. The lowest BCUT2D eigenvalue weighted by molar-refractivity contribution is -0.107. The molecule has 4 heteroatoms. The van der Waals surface area contributed by atoms with Gasteiger partial charge in [-0.15, -0.1) is 0 Å². The first kappa shape index (κ1) is 9.92. The monoisotopic (exact) mass is 175 g/mol. The van der Waals surface area contributed by atoms with E-state index in [0.717, 1.165) is 0 Å². The molecule has 0 unspecified atom stereocenters. The van der Waals surface area contributed by atoms with Gasteiger partial charge in [-0.3, -0.25) is 4.90 Å². The minimum atomic E-state index is -0.830. The summed E-state index contributed by atoms with van der Waals surface area (Å²) in [6.45, 7) is 2.49. The van der Waals surface area contributed by atoms with Crippen LogP contribution in [0.25, 0.3) is 0 Å². The molecule has 1 aliphatic rings. The van der Waals surface area contributed by atoms with E-state index in [9.17, 15) is 10.2 Å². The lowest BCUT2D eigenvalue weighted by Crippen LogP contribution is -2.58. The van der Waals surface area contributed by atoms with Gasteiger partial charge in [-0.25, -0.2) is 0 Å². The van der Waals surface area contributed by atoms with Gasteiger partial charge in [0, 0.05) is 6.54 Å². The molecule has 0 amide bonds. The van der Waals surface area contributed by atoms with Crippen molar-refractivity contribution in [3.05, 3.63) is 0 Å². The highest BCUT2D eigenvalue weighted by molar-refractivity contribution is 4.90. The van der Waals surface area contributed by atoms with Crippen LogP contribution in [-0.4, -0.2) is 58.7 Å². The van der Waals surface area contributed by atoms with Crippen LogP contribution in [0.15, 0.2) is 0 Å². The molecule has 0 aliphatic carbocycles. The highest BCUT2D eigenvalue weighted by atomic mass is 16.3. The summed E-state index contributed by atoms with van der Waals surface area (Å²) in [5, 5.41) is 27.9. The maximum atomic E-state index is 9.53. The number of nitrogens with zero attached hydrogens (tertiary/aromatic N) is 1. The van der Waals surface area contributed by atoms with Crippen LogP contribution in [0.5, 0.6) is 0 Å². The molecule has 0 aromatic rings. The number of likely N-dealkylation sites (N-methyl/N-ethyl adjacent to an activating group) is 1. The van der Waals surface area contributed by atoms with Crippen LogP contribution in [-0.2, 0) is 0 Å². The molecule has 0 bridgehead atoms. The van der Waals surface area contributed by atoms with Crippen molar-refractivity contribution < 1.29 is 15.3 Å². The van der Waals surface area contributed by atoms with Crippen molar-refractivity contribution in [2.45, 2.75) is 25.2 Å². The van der Waals surface area contributed by atoms with E-state index >= 15 is 0 Å². The fourth-order valence-electron chi connectivity index (χ4n) is 1.77. The van der Waals surface area contributed by atoms with E-state index in [0.29, 0.717) is 6.54 Å². The third-order valence-corrected chi connectivity index (χ3v) is 2.66. The van der Waals surface area contributed by atoms with Gasteiger partial charge in [-0.2, -0.15) is 0 Å². The second-order valence-electron chi connectivity index (χ2n) is 3.65. The average Bonchev–Trinajstić information content (AvgIpc) is 2.01. The maximum Gasteiger partial charge on any atom is 0.0979 e. The number of likely N-dealkylation sites (tertiary alicyclic amines) is 1. The normalized spacial score (nSPS) is 44.8. The predicted molar refractivity (Wildman–Crippen MR) is 44.7 cm³/mol. The Balaban J connectivity index is 2.65. The Morgan fingerprint density at radius 1 is 1.33 bits per heavy atom. The predicted octanol–water partition coefficient (Wildman–Crippen LogP) is -1.35. The Hall–Kier alpha value is -0.160. The molecular formula is C8H17NO3. The van der Waals surface area contributed by atoms with Crippen LogP contribution in [0.4, 0.5) is 0 Å². The molecular weight excluding hydrogens is 158 g/mol. The van der Waals surface area contributed by atoms with E-state index < -0.39 is 12.2 Å². The fraction of sp³-hybridized carbons (Fsp3) is 1.00. The minimum Gasteiger partial charge on any atom is -0.395 e. The van der Waals surface area contributed by atoms with E-state index in [2.05, 4.69) is 0 Å². The number of aliphatic hydroxyl groups excluding tert-OH is 3. The third kappa shape index (κ3) is 1.61. The molecule has 12 heavy (non-hydrogen) atoms. The van der Waals surface area contributed by atoms with Gasteiger partial charge in [0.15, 0.2) is 0 Å². The van der Waals surface area contributed by atoms with Gasteiger partial charge in [0.05, 0.1) is 24.9 Å². The minimum absolute atomic E-state index is 0.0628. The molecule has 0 saturated carbocycles. The van der Waals surface area contributed by atoms with Crippen molar-refractivity contribution in [3.8, 4) is 0 Å². The highest BCUT2D eigenvalue weighted by Gasteiger charge is 2.37. The second kappa shape index (κ2) is 3.70. The quantitative estimate of drug-likeness (QED) is 0.461. The summed E-state index contributed by atoms with van der Waals surface area (Å²) in [6.07, 6.45) is -1.54. The Kier molecular flexibility index (Phi) is 3.06. The molecule has 3 N–H and O–H groups in total. The SMILES string of the molecule is C[C@H]1CN(C)[C@H](CO)[C@@H](O)[C@@H]1O. The van der Waals surface area contributed by atoms with Crippen LogP contribution in [0.2, 0.25) is 0 Å². The van der Waals surface area contributed by atoms with Crippen LogP contribution in [0, 0.1) is 5.92 Å². The zero-order valence-electron chi connectivity index (χ0n) is 7.51. The summed E-state index contributed by atoms with van der Waals surface area (Å²) < 4.78 is 0. The molecule has 1 rings (SSSR count). The summed E-state index contributed by atoms with van der Waals surface area (Å²) in [7, 11) is 1.84. The van der Waals surface area contributed by atoms with Crippen LogP contribution >= 0.6 is 0 Å². The number of piperidine rings is 1. The molecule has 1 heterocycles. The lowest BCUT2D eigenvalue weighted by Gasteiger charge is -2.41. The van der Waals surface area contributed by atoms with Gasteiger partial charge in [0.2, 0.25) is 0 Å². The molecule has 0 aromatic carbocycles. The summed E-state index contributed by atoms with van der Waals surface area (Å²) in [5.41, 5.74) is 0. The molecule has 0 aromatic heterocycles. The Labute approximate surface area is 72.4 Å². The van der Waals surface area contributed by atoms with Crippen molar-refractivity contribution in [2.75, 3.05) is 20.2 Å². The number of rotatable bonds is 1. The first-order chi connectivity index (χ1) is 5.57. The Bertz CT molecular complexity index is 153. The summed E-state index contributed by atoms with van der Waals surface area (Å²) in [4.78, 5) is 1.88. The van der Waals surface area contributed by atoms with Crippen LogP contribution < -0.4 is 0 Å². The average molecular weight is 175 g/mol. The molecule has 72 valence electrons. The third-order valence-electron chi connectivity index (χ3n) is 2.66. The Morgan fingerprint density at radius 3 is 2.42 bits per heavy atom. The zero-order chi connectivity index (χ0) is 9.30. The molecule has 4 nitrogen and oxygen atoms in total. The smallest absolute Gasteiger partial charge is 0.0979 e. The molecule has 1 aliphatic heterocycles. The standard InChI is InChI=1S/C8H17NO3/c1-5-3-9(2)6(4-10)8(12)7(5)11/h5-8,10-12H,3-4H2,1-2H3/t5-,6+,7+,8+/m0/s1. The first-order valence-electron chi connectivity index (χ1n) is 4.25. The molecule has 0 radical (unpaired) electrons. The number of hydrogen-bond donors (Lipinski definition) is 3. The van der Waals surface area contributed by atoms with Gasteiger partial charge in [-0.1, -0.05) is 6.92 Å². The maximum absolute atomic E-state index is 9.53. The van der Waals surface area contributed by atoms with Gasteiger partial charge >= 0.3 is 0 Å². The lowest BCUT2D eigenvalue weighted by atomic mass is 9.89. The van der Waals surface area contributed by atoms with E-state index in [-0.39, 0.29) is 18.6 Å². The fourth-order valence-corrected chi connectivity index (χ4v) is 1.77. The molecule has 0 spiro atoms. The van der Waals surface area contributed by atoms with Crippen molar-refractivity contribution in [1.29, 1.82) is 0 Å². The zero-order valence-corrected chi connectivity index (χ0v) is 7.51. The van der Waals surface area contributed by atoms with E-state index in [1.54, 1.807) is 0 Å². The van der Waals surface area contributed by atoms with Gasteiger partial charge in [0.25, 0.3) is 0 Å². The number of aliphatic hydroxyl groups is 3. The van der Waals surface area contributed by atoms with Gasteiger partial charge in [0.1, 0.15) is 0 Å². The van der Waals surface area contributed by atoms with Gasteiger partial charge in [-0.05, 0) is 13.0 Å². The summed E-state index contributed by atoms with van der Waals surface area (Å²) in [6, 6.07) is -0.323. The van der Waals surface area contributed by atoms with Gasteiger partial charge < -0.3 is 15.3 Å². The largest absolute Gasteiger partial charge is 0.395 e. The van der Waals surface area contributed by atoms with Crippen molar-refractivity contribution in [1.82, 2.24) is 4.90 Å².